The van der Waals surface area contributed by atoms with Crippen molar-refractivity contribution in [1.29, 1.82) is 0 Å². The van der Waals surface area contributed by atoms with Gasteiger partial charge < -0.3 is 39.2 Å². The number of carbonyl (C=O) groups is 4. The SMILES string of the molecule is CN(C)c1ccc(C(=O)c2ccc(N(C)C)cc2)cc1.CN(C)c1ccc(C(=O)c2ccc(N(C)C)cc2)cc1.CN(C)c1ccc(C(=O)c2ccc(N(C)C)cc2)cc1.CN(C)c1ccc(C(=O)c2ccc(N(C)C)cc2)cc1.S.S. The average Bonchev–Trinajstić information content (AvgIpc) is 3.48. The predicted molar refractivity (Wildman–Crippen MR) is 361 cm³/mol. The van der Waals surface area contributed by atoms with Crippen LogP contribution >= 0.6 is 27.0 Å². The Morgan fingerprint density at radius 2 is 0.244 bits per heavy atom. The van der Waals surface area contributed by atoms with Gasteiger partial charge in [0.2, 0.25) is 0 Å². The van der Waals surface area contributed by atoms with Crippen LogP contribution in [-0.4, -0.2) is 136 Å². The van der Waals surface area contributed by atoms with E-state index in [0.29, 0.717) is 44.5 Å². The summed E-state index contributed by atoms with van der Waals surface area (Å²) >= 11 is 0. The minimum atomic E-state index is 0. The second-order valence-electron chi connectivity index (χ2n) is 20.8. The third-order valence-corrected chi connectivity index (χ3v) is 13.2. The summed E-state index contributed by atoms with van der Waals surface area (Å²) in [4.78, 5) is 65.6. The number of hydrogen-bond acceptors (Lipinski definition) is 12. The van der Waals surface area contributed by atoms with E-state index >= 15 is 0 Å². The highest BCUT2D eigenvalue weighted by atomic mass is 32.1. The van der Waals surface area contributed by atoms with E-state index in [1.54, 1.807) is 0 Å². The number of ketones is 4. The molecule has 0 bridgehead atoms. The van der Waals surface area contributed by atoms with Crippen molar-refractivity contribution < 1.29 is 19.2 Å². The first-order valence-corrected chi connectivity index (χ1v) is 26.3. The fraction of sp³-hybridized carbons (Fsp3) is 0.235. The van der Waals surface area contributed by atoms with Gasteiger partial charge in [0.1, 0.15) is 0 Å². The molecule has 432 valence electrons. The van der Waals surface area contributed by atoms with Crippen molar-refractivity contribution in [3.63, 3.8) is 0 Å². The van der Waals surface area contributed by atoms with Crippen LogP contribution in [0.25, 0.3) is 0 Å². The lowest BCUT2D eigenvalue weighted by Gasteiger charge is -2.13. The molecule has 0 spiro atoms. The third kappa shape index (κ3) is 19.4. The number of anilines is 8. The number of hydrogen-bond donors (Lipinski definition) is 0. The highest BCUT2D eigenvalue weighted by molar-refractivity contribution is 7.59. The summed E-state index contributed by atoms with van der Waals surface area (Å²) in [5.74, 6) is 0.224. The predicted octanol–water partition coefficient (Wildman–Crippen LogP) is 12.4. The molecule has 8 aromatic rings. The van der Waals surface area contributed by atoms with E-state index in [1.807, 2.05) is 346 Å². The molecule has 14 heteroatoms. The Hall–Kier alpha value is -8.46. The van der Waals surface area contributed by atoms with Crippen molar-refractivity contribution in [3.05, 3.63) is 239 Å². The van der Waals surface area contributed by atoms with Crippen molar-refractivity contribution >= 4 is 95.6 Å². The van der Waals surface area contributed by atoms with Gasteiger partial charge >= 0.3 is 0 Å². The second-order valence-corrected chi connectivity index (χ2v) is 20.8. The van der Waals surface area contributed by atoms with E-state index in [1.165, 1.54) is 0 Å². The molecule has 8 rings (SSSR count). The molecular formula is C68H84N8O4S2. The summed E-state index contributed by atoms with van der Waals surface area (Å²) < 4.78 is 0. The smallest absolute Gasteiger partial charge is 0.193 e. The van der Waals surface area contributed by atoms with E-state index in [2.05, 4.69) is 0 Å². The molecule has 0 amide bonds. The summed E-state index contributed by atoms with van der Waals surface area (Å²) in [7, 11) is 31.7. The maximum Gasteiger partial charge on any atom is 0.193 e. The minimum Gasteiger partial charge on any atom is -0.378 e. The molecule has 82 heavy (non-hydrogen) atoms. The van der Waals surface area contributed by atoms with Gasteiger partial charge in [0, 0.05) is 203 Å². The van der Waals surface area contributed by atoms with E-state index in [4.69, 9.17) is 0 Å². The lowest BCUT2D eigenvalue weighted by molar-refractivity contribution is 0.103. The van der Waals surface area contributed by atoms with E-state index in [-0.39, 0.29) is 50.1 Å². The fourth-order valence-corrected chi connectivity index (χ4v) is 7.95. The van der Waals surface area contributed by atoms with Crippen LogP contribution in [0.15, 0.2) is 194 Å². The number of carbonyl (C=O) groups excluding carboxylic acids is 4. The highest BCUT2D eigenvalue weighted by Crippen LogP contribution is 2.23. The zero-order valence-corrected chi connectivity index (χ0v) is 52.7. The molecule has 0 aliphatic rings. The molecule has 0 heterocycles. The Labute approximate surface area is 502 Å². The quantitative estimate of drug-likeness (QED) is 0.0863. The molecule has 0 N–H and O–H groups in total. The van der Waals surface area contributed by atoms with Crippen LogP contribution in [-0.2, 0) is 0 Å². The van der Waals surface area contributed by atoms with Gasteiger partial charge in [-0.15, -0.1) is 0 Å². The van der Waals surface area contributed by atoms with Crippen molar-refractivity contribution in [2.75, 3.05) is 152 Å². The number of rotatable bonds is 16. The topological polar surface area (TPSA) is 94.2 Å². The second kappa shape index (κ2) is 32.1. The molecule has 0 unspecified atom stereocenters. The van der Waals surface area contributed by atoms with Gasteiger partial charge in [-0.1, -0.05) is 0 Å². The first kappa shape index (κ1) is 67.8. The Bertz CT molecular complexity index is 2580. The van der Waals surface area contributed by atoms with Crippen LogP contribution in [0.4, 0.5) is 45.5 Å². The molecule has 0 saturated carbocycles. The Kier molecular flexibility index (Phi) is 26.5. The van der Waals surface area contributed by atoms with Crippen molar-refractivity contribution in [3.8, 4) is 0 Å². The van der Waals surface area contributed by atoms with Crippen molar-refractivity contribution in [2.24, 2.45) is 0 Å². The molecule has 0 atom stereocenters. The zero-order valence-electron chi connectivity index (χ0n) is 50.7. The van der Waals surface area contributed by atoms with Crippen LogP contribution in [0.2, 0.25) is 0 Å². The van der Waals surface area contributed by atoms with Gasteiger partial charge in [-0.05, 0) is 194 Å². The standard InChI is InChI=1S/4C17H20N2O.2H2S/c4*1-18(2)15-9-5-13(6-10-15)17(20)14-7-11-16(12-8-14)19(3)4;;/h4*5-12H,1-4H3;2*1H2. The van der Waals surface area contributed by atoms with E-state index in [9.17, 15) is 19.2 Å². The largest absolute Gasteiger partial charge is 0.378 e. The molecule has 0 radical (unpaired) electrons. The lowest BCUT2D eigenvalue weighted by atomic mass is 10.0. The van der Waals surface area contributed by atoms with Gasteiger partial charge in [-0.3, -0.25) is 19.2 Å². The summed E-state index contributed by atoms with van der Waals surface area (Å²) in [6.45, 7) is 0. The number of nitrogens with zero attached hydrogens (tertiary/aromatic N) is 8. The molecular weight excluding hydrogens is 1060 g/mol. The van der Waals surface area contributed by atoms with Crippen molar-refractivity contribution in [1.82, 2.24) is 0 Å². The van der Waals surface area contributed by atoms with Gasteiger partial charge in [-0.2, -0.15) is 27.0 Å². The van der Waals surface area contributed by atoms with Gasteiger partial charge in [0.25, 0.3) is 0 Å². The molecule has 0 fully saturated rings. The average molecular weight is 1140 g/mol. The summed E-state index contributed by atoms with van der Waals surface area (Å²) in [5, 5.41) is 0. The van der Waals surface area contributed by atoms with Crippen LogP contribution < -0.4 is 39.2 Å². The van der Waals surface area contributed by atoms with Crippen molar-refractivity contribution in [2.45, 2.75) is 0 Å². The first-order chi connectivity index (χ1) is 37.9. The summed E-state index contributed by atoms with van der Waals surface area (Å²) in [6.07, 6.45) is 0. The van der Waals surface area contributed by atoms with Gasteiger partial charge in [-0.25, -0.2) is 0 Å². The maximum atomic E-state index is 12.4. The lowest BCUT2D eigenvalue weighted by Crippen LogP contribution is -2.10. The minimum absolute atomic E-state index is 0. The molecule has 0 aliphatic heterocycles. The Morgan fingerprint density at radius 1 is 0.171 bits per heavy atom. The summed E-state index contributed by atoms with van der Waals surface area (Å²) in [5.41, 5.74) is 14.4. The van der Waals surface area contributed by atoms with Gasteiger partial charge in [0.15, 0.2) is 23.1 Å². The number of benzene rings is 8. The fourth-order valence-electron chi connectivity index (χ4n) is 7.95. The van der Waals surface area contributed by atoms with Crippen LogP contribution in [0, 0.1) is 0 Å². The normalized spacial score (nSPS) is 9.95. The van der Waals surface area contributed by atoms with E-state index in [0.717, 1.165) is 45.5 Å². The van der Waals surface area contributed by atoms with Gasteiger partial charge in [0.05, 0.1) is 0 Å². The molecule has 0 aliphatic carbocycles. The first-order valence-electron chi connectivity index (χ1n) is 26.3. The zero-order chi connectivity index (χ0) is 58.8. The Morgan fingerprint density at radius 3 is 0.305 bits per heavy atom. The van der Waals surface area contributed by atoms with E-state index < -0.39 is 0 Å². The maximum absolute atomic E-state index is 12.4. The third-order valence-electron chi connectivity index (χ3n) is 13.2. The van der Waals surface area contributed by atoms with Crippen LogP contribution in [0.5, 0.6) is 0 Å². The summed E-state index contributed by atoms with van der Waals surface area (Å²) in [6, 6.07) is 61.3. The monoisotopic (exact) mass is 1140 g/mol. The van der Waals surface area contributed by atoms with Crippen LogP contribution in [0.3, 0.4) is 0 Å². The highest BCUT2D eigenvalue weighted by Gasteiger charge is 2.14. The van der Waals surface area contributed by atoms with Crippen LogP contribution in [0.1, 0.15) is 63.7 Å². The molecule has 8 aromatic carbocycles. The molecule has 12 nitrogen and oxygen atoms in total. The Balaban J connectivity index is 0.000000285. The molecule has 0 aromatic heterocycles. The molecule has 0 saturated heterocycles.